The molecule has 1 aliphatic carbocycles. The molecule has 3 nitrogen and oxygen atoms in total. The van der Waals surface area contributed by atoms with Gasteiger partial charge in [0.25, 0.3) is 0 Å². The normalized spacial score (nSPS) is 15.0. The van der Waals surface area contributed by atoms with Crippen molar-refractivity contribution in [2.75, 3.05) is 23.8 Å². The number of nitrogens with one attached hydrogen (secondary N) is 1. The zero-order chi connectivity index (χ0) is 15.4. The van der Waals surface area contributed by atoms with Crippen LogP contribution < -0.4 is 10.2 Å². The van der Waals surface area contributed by atoms with Crippen molar-refractivity contribution in [1.29, 1.82) is 0 Å². The Labute approximate surface area is 133 Å². The van der Waals surface area contributed by atoms with E-state index >= 15 is 0 Å². The summed E-state index contributed by atoms with van der Waals surface area (Å²) in [5.74, 6) is 0. The van der Waals surface area contributed by atoms with Gasteiger partial charge < -0.3 is 10.2 Å². The van der Waals surface area contributed by atoms with E-state index < -0.39 is 0 Å². The Hall–Kier alpha value is -2.03. The third kappa shape index (κ3) is 3.24. The van der Waals surface area contributed by atoms with Crippen LogP contribution in [-0.4, -0.2) is 24.6 Å². The Morgan fingerprint density at radius 2 is 1.91 bits per heavy atom. The van der Waals surface area contributed by atoms with Crippen LogP contribution in [0.15, 0.2) is 42.6 Å². The highest BCUT2D eigenvalue weighted by Gasteiger charge is 2.15. The summed E-state index contributed by atoms with van der Waals surface area (Å²) in [7, 11) is 2.16. The lowest BCUT2D eigenvalue weighted by molar-refractivity contribution is 0.666. The second-order valence-corrected chi connectivity index (χ2v) is 6.17. The van der Waals surface area contributed by atoms with Crippen LogP contribution in [0.2, 0.25) is 0 Å². The van der Waals surface area contributed by atoms with E-state index in [1.165, 1.54) is 35.5 Å². The van der Waals surface area contributed by atoms with Crippen LogP contribution in [0.25, 0.3) is 0 Å². The molecule has 0 saturated carbocycles. The number of fused-ring (bicyclic) bond motifs is 1. The van der Waals surface area contributed by atoms with E-state index in [-0.39, 0.29) is 0 Å². The molecule has 22 heavy (non-hydrogen) atoms. The number of para-hydroxylation sites is 1. The van der Waals surface area contributed by atoms with Gasteiger partial charge in [-0.25, -0.2) is 0 Å². The first kappa shape index (κ1) is 14.9. The molecule has 3 rings (SSSR count). The summed E-state index contributed by atoms with van der Waals surface area (Å²) in [4.78, 5) is 6.86. The van der Waals surface area contributed by atoms with E-state index in [9.17, 15) is 0 Å². The molecule has 0 spiro atoms. The highest BCUT2D eigenvalue weighted by molar-refractivity contribution is 5.54. The molecule has 1 aromatic heterocycles. The molecule has 0 aliphatic heterocycles. The fourth-order valence-electron chi connectivity index (χ4n) is 3.10. The molecule has 0 saturated heterocycles. The van der Waals surface area contributed by atoms with Crippen LogP contribution in [0.1, 0.15) is 31.0 Å². The molecule has 2 aromatic rings. The molecule has 0 radical (unpaired) electrons. The Bertz CT molecular complexity index is 609. The van der Waals surface area contributed by atoms with E-state index in [1.807, 2.05) is 6.20 Å². The van der Waals surface area contributed by atoms with Gasteiger partial charge in [0.1, 0.15) is 0 Å². The van der Waals surface area contributed by atoms with Crippen molar-refractivity contribution >= 4 is 11.4 Å². The first-order valence-electron chi connectivity index (χ1n) is 8.24. The average Bonchev–Trinajstić information content (AvgIpc) is 2.59. The molecule has 116 valence electrons. The number of aryl methyl sites for hydroxylation is 1. The van der Waals surface area contributed by atoms with E-state index in [4.69, 9.17) is 0 Å². The number of pyridine rings is 1. The first-order valence-corrected chi connectivity index (χ1v) is 8.24. The molecule has 1 N–H and O–H groups in total. The van der Waals surface area contributed by atoms with Crippen molar-refractivity contribution in [3.8, 4) is 0 Å². The standard InChI is InChI=1S/C19H25N3/c1-15(22(2)16-8-4-3-5-9-16)14-21-19-12-13-20-18-11-7-6-10-17(18)19/h3-5,8-9,12-13,15H,6-7,10-11,14H2,1-2H3,(H,20,21). The number of hydrogen-bond donors (Lipinski definition) is 1. The molecule has 1 heterocycles. The number of anilines is 2. The van der Waals surface area contributed by atoms with Gasteiger partial charge in [0.2, 0.25) is 0 Å². The van der Waals surface area contributed by atoms with E-state index in [0.29, 0.717) is 6.04 Å². The Kier molecular flexibility index (Phi) is 4.62. The monoisotopic (exact) mass is 295 g/mol. The minimum absolute atomic E-state index is 0.426. The van der Waals surface area contributed by atoms with Crippen LogP contribution in [-0.2, 0) is 12.8 Å². The number of benzene rings is 1. The molecule has 3 heteroatoms. The van der Waals surface area contributed by atoms with Gasteiger partial charge in [-0.15, -0.1) is 0 Å². The summed E-state index contributed by atoms with van der Waals surface area (Å²) >= 11 is 0. The summed E-state index contributed by atoms with van der Waals surface area (Å²) < 4.78 is 0. The largest absolute Gasteiger partial charge is 0.383 e. The quantitative estimate of drug-likeness (QED) is 0.907. The van der Waals surface area contributed by atoms with Gasteiger partial charge in [-0.2, -0.15) is 0 Å². The summed E-state index contributed by atoms with van der Waals surface area (Å²) in [6.07, 6.45) is 6.79. The molecular weight excluding hydrogens is 270 g/mol. The van der Waals surface area contributed by atoms with Crippen molar-refractivity contribution in [3.63, 3.8) is 0 Å². The van der Waals surface area contributed by atoms with Crippen LogP contribution >= 0.6 is 0 Å². The second-order valence-electron chi connectivity index (χ2n) is 6.17. The van der Waals surface area contributed by atoms with Crippen LogP contribution in [0, 0.1) is 0 Å². The Morgan fingerprint density at radius 3 is 2.73 bits per heavy atom. The molecule has 1 aromatic carbocycles. The lowest BCUT2D eigenvalue weighted by Gasteiger charge is -2.28. The van der Waals surface area contributed by atoms with Crippen LogP contribution in [0.3, 0.4) is 0 Å². The van der Waals surface area contributed by atoms with Crippen molar-refractivity contribution in [2.45, 2.75) is 38.6 Å². The van der Waals surface area contributed by atoms with Crippen molar-refractivity contribution < 1.29 is 0 Å². The van der Waals surface area contributed by atoms with Gasteiger partial charge in [-0.3, -0.25) is 4.98 Å². The number of likely N-dealkylation sites (N-methyl/N-ethyl adjacent to an activating group) is 1. The van der Waals surface area contributed by atoms with Crippen molar-refractivity contribution in [2.24, 2.45) is 0 Å². The van der Waals surface area contributed by atoms with E-state index in [0.717, 1.165) is 19.4 Å². The predicted octanol–water partition coefficient (Wildman–Crippen LogP) is 3.90. The molecule has 1 unspecified atom stereocenters. The molecule has 0 bridgehead atoms. The van der Waals surface area contributed by atoms with Gasteiger partial charge in [-0.1, -0.05) is 18.2 Å². The highest BCUT2D eigenvalue weighted by atomic mass is 15.1. The van der Waals surface area contributed by atoms with Crippen LogP contribution in [0.5, 0.6) is 0 Å². The summed E-state index contributed by atoms with van der Waals surface area (Å²) in [5.41, 5.74) is 5.26. The van der Waals surface area contributed by atoms with Crippen LogP contribution in [0.4, 0.5) is 11.4 Å². The minimum atomic E-state index is 0.426. The zero-order valence-electron chi connectivity index (χ0n) is 13.5. The first-order chi connectivity index (χ1) is 10.8. The SMILES string of the molecule is CC(CNc1ccnc2c1CCCC2)N(C)c1ccccc1. The topological polar surface area (TPSA) is 28.2 Å². The summed E-state index contributed by atoms with van der Waals surface area (Å²) in [6, 6.07) is 13.1. The zero-order valence-corrected chi connectivity index (χ0v) is 13.5. The molecular formula is C19H25N3. The van der Waals surface area contributed by atoms with Crippen molar-refractivity contribution in [3.05, 3.63) is 53.9 Å². The minimum Gasteiger partial charge on any atom is -0.383 e. The maximum atomic E-state index is 4.54. The molecule has 0 fully saturated rings. The Balaban J connectivity index is 1.65. The van der Waals surface area contributed by atoms with Gasteiger partial charge in [-0.05, 0) is 56.4 Å². The summed E-state index contributed by atoms with van der Waals surface area (Å²) in [5, 5.41) is 3.64. The smallest absolute Gasteiger partial charge is 0.0456 e. The third-order valence-electron chi connectivity index (χ3n) is 4.65. The van der Waals surface area contributed by atoms with Gasteiger partial charge in [0.05, 0.1) is 0 Å². The van der Waals surface area contributed by atoms with E-state index in [1.54, 1.807) is 0 Å². The fourth-order valence-corrected chi connectivity index (χ4v) is 3.10. The van der Waals surface area contributed by atoms with Crippen molar-refractivity contribution in [1.82, 2.24) is 4.98 Å². The number of aromatic nitrogens is 1. The predicted molar refractivity (Wildman–Crippen MR) is 93.7 cm³/mol. The van der Waals surface area contributed by atoms with E-state index in [2.05, 4.69) is 65.6 Å². The van der Waals surface area contributed by atoms with Gasteiger partial charge in [0.15, 0.2) is 0 Å². The highest BCUT2D eigenvalue weighted by Crippen LogP contribution is 2.26. The average molecular weight is 295 g/mol. The molecule has 1 atom stereocenters. The third-order valence-corrected chi connectivity index (χ3v) is 4.65. The lowest BCUT2D eigenvalue weighted by atomic mass is 9.95. The lowest BCUT2D eigenvalue weighted by Crippen LogP contribution is -2.35. The maximum absolute atomic E-state index is 4.54. The fraction of sp³-hybridized carbons (Fsp3) is 0.421. The maximum Gasteiger partial charge on any atom is 0.0456 e. The summed E-state index contributed by atoms with van der Waals surface area (Å²) in [6.45, 7) is 3.19. The number of hydrogen-bond acceptors (Lipinski definition) is 3. The number of nitrogens with zero attached hydrogens (tertiary/aromatic N) is 2. The molecule has 1 aliphatic rings. The van der Waals surface area contributed by atoms with Gasteiger partial charge in [0, 0.05) is 42.9 Å². The Morgan fingerprint density at radius 1 is 1.14 bits per heavy atom. The number of rotatable bonds is 5. The van der Waals surface area contributed by atoms with Gasteiger partial charge >= 0.3 is 0 Å². The second kappa shape index (κ2) is 6.82. The molecule has 0 amide bonds.